The molecular formula is C22H25N3O3. The number of nitrogens with one attached hydrogen (secondary N) is 2. The summed E-state index contributed by atoms with van der Waals surface area (Å²) < 4.78 is 0. The molecule has 1 aromatic heterocycles. The molecular weight excluding hydrogens is 354 g/mol. The molecule has 3 N–H and O–H groups in total. The van der Waals surface area contributed by atoms with Gasteiger partial charge in [0.25, 0.3) is 5.56 Å². The summed E-state index contributed by atoms with van der Waals surface area (Å²) in [7, 11) is 0. The monoisotopic (exact) mass is 379 g/mol. The number of pyridine rings is 1. The number of aromatic amines is 1. The Balaban J connectivity index is 1.78. The Kier molecular flexibility index (Phi) is 6.45. The van der Waals surface area contributed by atoms with Crippen molar-refractivity contribution in [3.63, 3.8) is 0 Å². The van der Waals surface area contributed by atoms with Crippen LogP contribution in [0.3, 0.4) is 0 Å². The number of carbonyl (C=O) groups is 1. The summed E-state index contributed by atoms with van der Waals surface area (Å²) in [6, 6.07) is 17.0. The fourth-order valence-electron chi connectivity index (χ4n) is 3.15. The molecule has 0 aliphatic carbocycles. The minimum Gasteiger partial charge on any atom is -0.396 e. The number of aliphatic hydroxyl groups is 1. The van der Waals surface area contributed by atoms with E-state index in [1.54, 1.807) is 4.90 Å². The van der Waals surface area contributed by atoms with E-state index in [-0.39, 0.29) is 24.7 Å². The van der Waals surface area contributed by atoms with Crippen LogP contribution in [0.2, 0.25) is 0 Å². The molecule has 146 valence electrons. The normalized spacial score (nSPS) is 10.8. The molecule has 0 saturated carbocycles. The highest BCUT2D eigenvalue weighted by atomic mass is 16.3. The van der Waals surface area contributed by atoms with Crippen molar-refractivity contribution in [3.8, 4) is 0 Å². The Hall–Kier alpha value is -3.12. The molecule has 1 heterocycles. The van der Waals surface area contributed by atoms with Gasteiger partial charge in [0.15, 0.2) is 0 Å². The summed E-state index contributed by atoms with van der Waals surface area (Å²) in [5.74, 6) is 0. The molecule has 28 heavy (non-hydrogen) atoms. The average molecular weight is 379 g/mol. The molecule has 0 bridgehead atoms. The lowest BCUT2D eigenvalue weighted by Crippen LogP contribution is -2.41. The number of para-hydroxylation sites is 1. The van der Waals surface area contributed by atoms with E-state index in [1.165, 1.54) is 0 Å². The van der Waals surface area contributed by atoms with Crippen LogP contribution in [-0.2, 0) is 13.1 Å². The Morgan fingerprint density at radius 1 is 1.14 bits per heavy atom. The van der Waals surface area contributed by atoms with Gasteiger partial charge in [-0.15, -0.1) is 0 Å². The van der Waals surface area contributed by atoms with E-state index in [1.807, 2.05) is 61.5 Å². The first kappa shape index (κ1) is 19.6. The topological polar surface area (TPSA) is 85.4 Å². The van der Waals surface area contributed by atoms with E-state index in [2.05, 4.69) is 10.3 Å². The maximum absolute atomic E-state index is 12.7. The van der Waals surface area contributed by atoms with Crippen molar-refractivity contribution in [2.24, 2.45) is 0 Å². The number of H-pyrrole nitrogens is 1. The zero-order valence-electron chi connectivity index (χ0n) is 15.9. The van der Waals surface area contributed by atoms with Gasteiger partial charge >= 0.3 is 6.03 Å². The van der Waals surface area contributed by atoms with Crippen LogP contribution >= 0.6 is 0 Å². The minimum atomic E-state index is -0.263. The standard InChI is InChI=1S/C22H25N3O3/c1-16-7-5-10-18-13-19(21(27)24-20(16)18)15-25(11-6-12-26)22(28)23-14-17-8-3-2-4-9-17/h2-5,7-10,13,26H,6,11-12,14-15H2,1H3,(H,23,28)(H,24,27). The molecule has 0 saturated heterocycles. The van der Waals surface area contributed by atoms with Crippen LogP contribution in [-0.4, -0.2) is 34.2 Å². The van der Waals surface area contributed by atoms with Gasteiger partial charge in [-0.05, 0) is 35.9 Å². The van der Waals surface area contributed by atoms with E-state index >= 15 is 0 Å². The van der Waals surface area contributed by atoms with Crippen molar-refractivity contribution < 1.29 is 9.90 Å². The van der Waals surface area contributed by atoms with Crippen LogP contribution in [0.5, 0.6) is 0 Å². The van der Waals surface area contributed by atoms with Crippen LogP contribution in [0.15, 0.2) is 59.4 Å². The van der Waals surface area contributed by atoms with E-state index in [0.717, 1.165) is 22.0 Å². The summed E-state index contributed by atoms with van der Waals surface area (Å²) >= 11 is 0. The smallest absolute Gasteiger partial charge is 0.317 e. The Morgan fingerprint density at radius 2 is 1.93 bits per heavy atom. The number of fused-ring (bicyclic) bond motifs is 1. The number of urea groups is 1. The lowest BCUT2D eigenvalue weighted by molar-refractivity contribution is 0.186. The SMILES string of the molecule is Cc1cccc2cc(CN(CCCO)C(=O)NCc3ccccc3)c(=O)[nH]c12. The number of benzene rings is 2. The summed E-state index contributed by atoms with van der Waals surface area (Å²) in [6.45, 7) is 2.88. The van der Waals surface area contributed by atoms with Gasteiger partial charge in [-0.2, -0.15) is 0 Å². The largest absolute Gasteiger partial charge is 0.396 e. The second kappa shape index (κ2) is 9.19. The first-order valence-corrected chi connectivity index (χ1v) is 9.37. The van der Waals surface area contributed by atoms with Gasteiger partial charge in [0.2, 0.25) is 0 Å². The highest BCUT2D eigenvalue weighted by molar-refractivity contribution is 5.82. The molecule has 0 unspecified atom stereocenters. The molecule has 3 aromatic rings. The Morgan fingerprint density at radius 3 is 2.68 bits per heavy atom. The van der Waals surface area contributed by atoms with E-state index in [0.29, 0.717) is 25.1 Å². The second-order valence-electron chi connectivity index (χ2n) is 6.81. The van der Waals surface area contributed by atoms with Crippen molar-refractivity contribution >= 4 is 16.9 Å². The number of amides is 2. The number of hydrogen-bond donors (Lipinski definition) is 3. The molecule has 0 aliphatic heterocycles. The Bertz CT molecular complexity index is 999. The second-order valence-corrected chi connectivity index (χ2v) is 6.81. The third-order valence-corrected chi connectivity index (χ3v) is 4.69. The zero-order valence-corrected chi connectivity index (χ0v) is 15.9. The van der Waals surface area contributed by atoms with Crippen molar-refractivity contribution in [2.45, 2.75) is 26.4 Å². The van der Waals surface area contributed by atoms with Crippen LogP contribution in [0, 0.1) is 6.92 Å². The molecule has 0 spiro atoms. The molecule has 6 nitrogen and oxygen atoms in total. The van der Waals surface area contributed by atoms with Gasteiger partial charge in [0.05, 0.1) is 12.1 Å². The van der Waals surface area contributed by atoms with Gasteiger partial charge in [-0.1, -0.05) is 48.5 Å². The third kappa shape index (κ3) is 4.78. The zero-order chi connectivity index (χ0) is 19.9. The van der Waals surface area contributed by atoms with Crippen LogP contribution in [0.4, 0.5) is 4.79 Å². The van der Waals surface area contributed by atoms with Crippen molar-refractivity contribution in [2.75, 3.05) is 13.2 Å². The number of nitrogens with zero attached hydrogens (tertiary/aromatic N) is 1. The van der Waals surface area contributed by atoms with Crippen LogP contribution in [0.25, 0.3) is 10.9 Å². The maximum atomic E-state index is 12.7. The quantitative estimate of drug-likeness (QED) is 0.590. The number of aliphatic hydroxyl groups excluding tert-OH is 1. The van der Waals surface area contributed by atoms with Gasteiger partial charge in [0, 0.05) is 25.3 Å². The first-order chi connectivity index (χ1) is 13.6. The maximum Gasteiger partial charge on any atom is 0.317 e. The van der Waals surface area contributed by atoms with Gasteiger partial charge in [-0.3, -0.25) is 4.79 Å². The number of aryl methyl sites for hydroxylation is 1. The average Bonchev–Trinajstić information content (AvgIpc) is 2.71. The molecule has 0 radical (unpaired) electrons. The summed E-state index contributed by atoms with van der Waals surface area (Å²) in [5.41, 5.74) is 3.13. The van der Waals surface area contributed by atoms with Gasteiger partial charge in [0.1, 0.15) is 0 Å². The summed E-state index contributed by atoms with van der Waals surface area (Å²) in [6.07, 6.45) is 0.448. The third-order valence-electron chi connectivity index (χ3n) is 4.69. The highest BCUT2D eigenvalue weighted by Gasteiger charge is 2.16. The fourth-order valence-corrected chi connectivity index (χ4v) is 3.15. The van der Waals surface area contributed by atoms with Crippen molar-refractivity contribution in [1.29, 1.82) is 0 Å². The minimum absolute atomic E-state index is 0.0181. The molecule has 0 fully saturated rings. The molecule has 2 amide bonds. The van der Waals surface area contributed by atoms with Crippen molar-refractivity contribution in [3.05, 3.63) is 81.6 Å². The number of rotatable bonds is 7. The van der Waals surface area contributed by atoms with Gasteiger partial charge in [-0.25, -0.2) is 4.79 Å². The molecule has 2 aromatic carbocycles. The molecule has 3 rings (SSSR count). The number of carbonyl (C=O) groups excluding carboxylic acids is 1. The van der Waals surface area contributed by atoms with Crippen molar-refractivity contribution in [1.82, 2.24) is 15.2 Å². The molecule has 0 aliphatic rings. The number of hydrogen-bond acceptors (Lipinski definition) is 3. The lowest BCUT2D eigenvalue weighted by Gasteiger charge is -2.23. The van der Waals surface area contributed by atoms with Gasteiger partial charge < -0.3 is 20.3 Å². The van der Waals surface area contributed by atoms with Crippen LogP contribution in [0.1, 0.15) is 23.1 Å². The van der Waals surface area contributed by atoms with E-state index in [9.17, 15) is 14.7 Å². The summed E-state index contributed by atoms with van der Waals surface area (Å²) in [5, 5.41) is 13.0. The highest BCUT2D eigenvalue weighted by Crippen LogP contribution is 2.16. The van der Waals surface area contributed by atoms with E-state index < -0.39 is 0 Å². The molecule has 6 heteroatoms. The molecule has 0 atom stereocenters. The van der Waals surface area contributed by atoms with E-state index in [4.69, 9.17) is 0 Å². The first-order valence-electron chi connectivity index (χ1n) is 9.37. The Labute approximate surface area is 163 Å². The van der Waals surface area contributed by atoms with Crippen LogP contribution < -0.4 is 10.9 Å². The summed E-state index contributed by atoms with van der Waals surface area (Å²) in [4.78, 5) is 29.7. The fraction of sp³-hybridized carbons (Fsp3) is 0.273. The number of aromatic nitrogens is 1. The lowest BCUT2D eigenvalue weighted by atomic mass is 10.1. The predicted octanol–water partition coefficient (Wildman–Crippen LogP) is 2.93. The predicted molar refractivity (Wildman–Crippen MR) is 110 cm³/mol.